The Labute approximate surface area is 110 Å². The monoisotopic (exact) mass is 301 g/mol. The third-order valence-corrected chi connectivity index (χ3v) is 4.63. The average molecular weight is 303 g/mol. The Morgan fingerprint density at radius 1 is 1.25 bits per heavy atom. The van der Waals surface area contributed by atoms with Crippen LogP contribution in [-0.4, -0.2) is 6.54 Å². The normalized spacial score (nSPS) is 19.7. The smallest absolute Gasteiger partial charge is 0.0409 e. The van der Waals surface area contributed by atoms with E-state index in [2.05, 4.69) is 22.0 Å². The summed E-state index contributed by atoms with van der Waals surface area (Å²) in [4.78, 5) is 0. The highest BCUT2D eigenvalue weighted by Gasteiger charge is 2.34. The summed E-state index contributed by atoms with van der Waals surface area (Å²) in [5, 5.41) is 0.802. The average Bonchev–Trinajstić information content (AvgIpc) is 2.33. The maximum Gasteiger partial charge on any atom is 0.0409 e. The Morgan fingerprint density at radius 3 is 2.56 bits per heavy atom. The first-order valence-corrected chi connectivity index (χ1v) is 7.01. The molecule has 3 heteroatoms. The van der Waals surface area contributed by atoms with Crippen LogP contribution in [0.15, 0.2) is 22.7 Å². The van der Waals surface area contributed by atoms with Gasteiger partial charge in [-0.15, -0.1) is 0 Å². The van der Waals surface area contributed by atoms with E-state index in [1.807, 2.05) is 12.1 Å². The molecule has 1 aliphatic rings. The van der Waals surface area contributed by atoms with Gasteiger partial charge in [0.05, 0.1) is 0 Å². The van der Waals surface area contributed by atoms with E-state index in [0.29, 0.717) is 6.54 Å². The highest BCUT2D eigenvalue weighted by atomic mass is 79.9. The predicted molar refractivity (Wildman–Crippen MR) is 73.0 cm³/mol. The van der Waals surface area contributed by atoms with Gasteiger partial charge in [0, 0.05) is 21.5 Å². The molecule has 0 aromatic heterocycles. The van der Waals surface area contributed by atoms with Crippen molar-refractivity contribution in [1.82, 2.24) is 0 Å². The molecule has 1 aliphatic carbocycles. The third kappa shape index (κ3) is 2.29. The first kappa shape index (κ1) is 12.4. The minimum absolute atomic E-state index is 0.141. The van der Waals surface area contributed by atoms with E-state index in [4.69, 9.17) is 17.3 Å². The van der Waals surface area contributed by atoms with Crippen molar-refractivity contribution in [1.29, 1.82) is 0 Å². The molecule has 0 radical (unpaired) electrons. The van der Waals surface area contributed by atoms with Crippen molar-refractivity contribution < 1.29 is 0 Å². The van der Waals surface area contributed by atoms with Gasteiger partial charge >= 0.3 is 0 Å². The zero-order valence-electron chi connectivity index (χ0n) is 9.31. The maximum atomic E-state index is 6.09. The quantitative estimate of drug-likeness (QED) is 0.868. The molecule has 0 bridgehead atoms. The lowest BCUT2D eigenvalue weighted by Crippen LogP contribution is -2.37. The van der Waals surface area contributed by atoms with Crippen LogP contribution in [0, 0.1) is 0 Å². The second-order valence-electron chi connectivity index (χ2n) is 4.67. The van der Waals surface area contributed by atoms with Crippen LogP contribution in [0.1, 0.15) is 37.7 Å². The van der Waals surface area contributed by atoms with Crippen LogP contribution in [0.5, 0.6) is 0 Å². The van der Waals surface area contributed by atoms with E-state index in [1.54, 1.807) is 0 Å². The fourth-order valence-corrected chi connectivity index (χ4v) is 3.56. The van der Waals surface area contributed by atoms with Gasteiger partial charge in [0.2, 0.25) is 0 Å². The zero-order chi connectivity index (χ0) is 11.6. The second kappa shape index (κ2) is 5.07. The molecule has 0 atom stereocenters. The highest BCUT2D eigenvalue weighted by molar-refractivity contribution is 9.10. The summed E-state index contributed by atoms with van der Waals surface area (Å²) in [7, 11) is 0. The van der Waals surface area contributed by atoms with Gasteiger partial charge in [-0.3, -0.25) is 0 Å². The zero-order valence-corrected chi connectivity index (χ0v) is 11.6. The molecule has 0 spiro atoms. The van der Waals surface area contributed by atoms with Gasteiger partial charge < -0.3 is 5.73 Å². The van der Waals surface area contributed by atoms with Gasteiger partial charge in [-0.05, 0) is 36.6 Å². The first-order chi connectivity index (χ1) is 7.68. The lowest BCUT2D eigenvalue weighted by Gasteiger charge is -2.37. The number of benzene rings is 1. The van der Waals surface area contributed by atoms with Crippen molar-refractivity contribution in [3.05, 3.63) is 33.3 Å². The summed E-state index contributed by atoms with van der Waals surface area (Å²) in [5.41, 5.74) is 7.46. The van der Waals surface area contributed by atoms with Crippen LogP contribution in [0.2, 0.25) is 5.02 Å². The lowest BCUT2D eigenvalue weighted by molar-refractivity contribution is 0.300. The van der Waals surface area contributed by atoms with Crippen molar-refractivity contribution >= 4 is 27.5 Å². The molecule has 1 fully saturated rings. The number of halogens is 2. The highest BCUT2D eigenvalue weighted by Crippen LogP contribution is 2.42. The summed E-state index contributed by atoms with van der Waals surface area (Å²) in [5.74, 6) is 0. The molecule has 0 amide bonds. The fraction of sp³-hybridized carbons (Fsp3) is 0.538. The molecule has 0 aliphatic heterocycles. The Bertz CT molecular complexity index is 372. The van der Waals surface area contributed by atoms with Crippen LogP contribution in [-0.2, 0) is 5.41 Å². The molecule has 1 nitrogen and oxygen atoms in total. The van der Waals surface area contributed by atoms with Gasteiger partial charge in [0.15, 0.2) is 0 Å². The Hall–Kier alpha value is -0.0500. The van der Waals surface area contributed by atoms with Gasteiger partial charge in [-0.25, -0.2) is 0 Å². The number of nitrogens with two attached hydrogens (primary N) is 1. The molecule has 1 aromatic carbocycles. The second-order valence-corrected chi connectivity index (χ2v) is 5.96. The van der Waals surface area contributed by atoms with Crippen LogP contribution in [0.4, 0.5) is 0 Å². The summed E-state index contributed by atoms with van der Waals surface area (Å²) in [6.07, 6.45) is 6.25. The van der Waals surface area contributed by atoms with Gasteiger partial charge in [0.25, 0.3) is 0 Å². The molecule has 1 saturated carbocycles. The van der Waals surface area contributed by atoms with Crippen LogP contribution >= 0.6 is 27.5 Å². The van der Waals surface area contributed by atoms with Crippen molar-refractivity contribution in [3.63, 3.8) is 0 Å². The van der Waals surface area contributed by atoms with Crippen LogP contribution in [0.3, 0.4) is 0 Å². The summed E-state index contributed by atoms with van der Waals surface area (Å²) >= 11 is 9.72. The molecule has 0 saturated heterocycles. The number of hydrogen-bond donors (Lipinski definition) is 1. The Kier molecular flexibility index (Phi) is 3.93. The maximum absolute atomic E-state index is 6.09. The molecule has 88 valence electrons. The standard InChI is InChI=1S/C13H17BrClN/c14-12-5-4-10(15)8-11(12)13(9-16)6-2-1-3-7-13/h4-5,8H,1-3,6-7,9,16H2. The molecule has 1 aromatic rings. The van der Waals surface area contributed by atoms with Crippen molar-refractivity contribution in [2.45, 2.75) is 37.5 Å². The first-order valence-electron chi connectivity index (χ1n) is 5.83. The van der Waals surface area contributed by atoms with Gasteiger partial charge in [-0.2, -0.15) is 0 Å². The van der Waals surface area contributed by atoms with E-state index >= 15 is 0 Å². The van der Waals surface area contributed by atoms with Crippen LogP contribution < -0.4 is 5.73 Å². The van der Waals surface area contributed by atoms with Gasteiger partial charge in [0.1, 0.15) is 0 Å². The lowest BCUT2D eigenvalue weighted by atomic mass is 9.69. The summed E-state index contributed by atoms with van der Waals surface area (Å²) < 4.78 is 1.14. The van der Waals surface area contributed by atoms with Crippen LogP contribution in [0.25, 0.3) is 0 Å². The van der Waals surface area contributed by atoms with Crippen molar-refractivity contribution in [2.75, 3.05) is 6.54 Å². The third-order valence-electron chi connectivity index (χ3n) is 3.70. The van der Waals surface area contributed by atoms with E-state index in [-0.39, 0.29) is 5.41 Å². The predicted octanol–water partition coefficient (Wildman–Crippen LogP) is 4.26. The fourth-order valence-electron chi connectivity index (χ4n) is 2.72. The number of rotatable bonds is 2. The van der Waals surface area contributed by atoms with Gasteiger partial charge in [-0.1, -0.05) is 46.8 Å². The topological polar surface area (TPSA) is 26.0 Å². The molecule has 16 heavy (non-hydrogen) atoms. The summed E-state index contributed by atoms with van der Waals surface area (Å²) in [6, 6.07) is 6.02. The van der Waals surface area contributed by atoms with E-state index in [0.717, 1.165) is 9.50 Å². The van der Waals surface area contributed by atoms with E-state index < -0.39 is 0 Å². The molecule has 0 heterocycles. The van der Waals surface area contributed by atoms with Crippen molar-refractivity contribution in [2.24, 2.45) is 5.73 Å². The summed E-state index contributed by atoms with van der Waals surface area (Å²) in [6.45, 7) is 0.714. The van der Waals surface area contributed by atoms with E-state index in [1.165, 1.54) is 37.7 Å². The SMILES string of the molecule is NCC1(c2cc(Cl)ccc2Br)CCCCC1. The number of hydrogen-bond acceptors (Lipinski definition) is 1. The molecule has 0 unspecified atom stereocenters. The minimum Gasteiger partial charge on any atom is -0.330 e. The van der Waals surface area contributed by atoms with Crippen molar-refractivity contribution in [3.8, 4) is 0 Å². The molecule has 2 N–H and O–H groups in total. The minimum atomic E-state index is 0.141. The Morgan fingerprint density at radius 2 is 1.94 bits per heavy atom. The molecular weight excluding hydrogens is 286 g/mol. The molecule has 2 rings (SSSR count). The largest absolute Gasteiger partial charge is 0.330 e. The Balaban J connectivity index is 2.42. The molecular formula is C13H17BrClN. The van der Waals surface area contributed by atoms with E-state index in [9.17, 15) is 0 Å².